The zero-order valence-electron chi connectivity index (χ0n) is 25.4. The molecule has 0 aliphatic heterocycles. The Morgan fingerprint density at radius 3 is 2.47 bits per heavy atom. The average Bonchev–Trinajstić information content (AvgIpc) is 3.24. The number of carbonyl (C=O) groups excluding carboxylic acids is 4. The first-order chi connectivity index (χ1) is 22.7. The minimum absolute atomic E-state index is 0.0452. The molecule has 8 nitrogen and oxygen atoms in total. The summed E-state index contributed by atoms with van der Waals surface area (Å²) >= 11 is 15.3. The maximum absolute atomic E-state index is 13.5. The van der Waals surface area contributed by atoms with E-state index in [1.165, 1.54) is 36.3 Å². The molecule has 1 heterocycles. The Kier molecular flexibility index (Phi) is 11.8. The van der Waals surface area contributed by atoms with E-state index < -0.39 is 17.8 Å². The van der Waals surface area contributed by atoms with Crippen molar-refractivity contribution in [2.24, 2.45) is 0 Å². The van der Waals surface area contributed by atoms with Crippen LogP contribution in [0.15, 0.2) is 83.4 Å². The van der Waals surface area contributed by atoms with Crippen LogP contribution in [0.1, 0.15) is 56.0 Å². The molecule has 1 aromatic heterocycles. The number of ether oxygens (including phenoxy) is 1. The third-order valence-corrected chi connectivity index (χ3v) is 10.4. The topological polar surface area (TPSA) is 114 Å². The number of methoxy groups -OCH3 is 1. The normalized spacial score (nSPS) is 12.8. The van der Waals surface area contributed by atoms with Gasteiger partial charge in [0.05, 0.1) is 28.5 Å². The number of hydrogen-bond donors (Lipinski definition) is 3. The summed E-state index contributed by atoms with van der Waals surface area (Å²) in [6.07, 6.45) is 6.28. The van der Waals surface area contributed by atoms with Crippen molar-refractivity contribution in [3.63, 3.8) is 0 Å². The Bertz CT molecular complexity index is 1840. The number of fused-ring (bicyclic) bond motifs is 1. The van der Waals surface area contributed by atoms with Gasteiger partial charge in [-0.1, -0.05) is 66.0 Å². The molecule has 3 aromatic carbocycles. The van der Waals surface area contributed by atoms with Crippen LogP contribution >= 0.6 is 46.3 Å². The Morgan fingerprint density at radius 2 is 1.68 bits per heavy atom. The van der Waals surface area contributed by atoms with Crippen LogP contribution in [-0.4, -0.2) is 36.6 Å². The number of aryl methyl sites for hydroxylation is 1. The Balaban J connectivity index is 1.28. The molecule has 242 valence electrons. The Hall–Kier alpha value is -4.09. The van der Waals surface area contributed by atoms with E-state index in [-0.39, 0.29) is 22.4 Å². The van der Waals surface area contributed by atoms with Crippen LogP contribution in [0.25, 0.3) is 6.08 Å². The van der Waals surface area contributed by atoms with E-state index in [2.05, 4.69) is 16.0 Å². The molecular formula is C35H31Cl2N3O5S2. The SMILES string of the molecule is COC(=O)c1c(NC(=O)CSc2cccc(NC(=O)/C(=C\c3cccc(Cl)c3Cl)NC(=O)c3ccccc3)c2)sc2c1CCCCC2. The molecule has 0 bridgehead atoms. The second kappa shape index (κ2) is 16.1. The van der Waals surface area contributed by atoms with Gasteiger partial charge in [-0.15, -0.1) is 23.1 Å². The minimum atomic E-state index is -0.585. The molecule has 3 N–H and O–H groups in total. The number of thioether (sulfide) groups is 1. The van der Waals surface area contributed by atoms with Crippen molar-refractivity contribution >= 4 is 86.8 Å². The standard InChI is InChI=1S/C35H31Cl2N3O5S2/c1-45-35(44)30-25-15-6-3-7-17-28(25)47-34(30)40-29(41)20-46-24-14-9-13-23(19-24)38-33(43)27(18-22-12-8-16-26(36)31(22)37)39-32(42)21-10-4-2-5-11-21/h2,4-5,8-14,16,18-19H,3,6-7,15,17,20H2,1H3,(H,38,43)(H,39,42)(H,40,41)/b27-18+. The third kappa shape index (κ3) is 8.84. The van der Waals surface area contributed by atoms with Crippen molar-refractivity contribution in [2.75, 3.05) is 23.5 Å². The quantitative estimate of drug-likeness (QED) is 0.0662. The summed E-state index contributed by atoms with van der Waals surface area (Å²) in [5.74, 6) is -1.69. The smallest absolute Gasteiger partial charge is 0.341 e. The molecule has 12 heteroatoms. The molecule has 0 unspecified atom stereocenters. The number of amides is 3. The lowest BCUT2D eigenvalue weighted by atomic mass is 10.1. The highest BCUT2D eigenvalue weighted by atomic mass is 35.5. The van der Waals surface area contributed by atoms with Gasteiger partial charge >= 0.3 is 5.97 Å². The zero-order chi connectivity index (χ0) is 33.3. The zero-order valence-corrected chi connectivity index (χ0v) is 28.5. The van der Waals surface area contributed by atoms with Crippen LogP contribution in [0, 0.1) is 0 Å². The molecule has 4 aromatic rings. The first kappa shape index (κ1) is 34.3. The fourth-order valence-corrected chi connectivity index (χ4v) is 7.46. The lowest BCUT2D eigenvalue weighted by Gasteiger charge is -2.13. The van der Waals surface area contributed by atoms with Crippen molar-refractivity contribution in [1.29, 1.82) is 0 Å². The van der Waals surface area contributed by atoms with E-state index >= 15 is 0 Å². The summed E-state index contributed by atoms with van der Waals surface area (Å²) in [5, 5.41) is 9.48. The van der Waals surface area contributed by atoms with E-state index in [0.29, 0.717) is 32.4 Å². The highest BCUT2D eigenvalue weighted by Crippen LogP contribution is 2.38. The highest BCUT2D eigenvalue weighted by Gasteiger charge is 2.26. The van der Waals surface area contributed by atoms with Crippen molar-refractivity contribution < 1.29 is 23.9 Å². The second-order valence-electron chi connectivity index (χ2n) is 10.6. The van der Waals surface area contributed by atoms with Crippen molar-refractivity contribution in [3.8, 4) is 0 Å². The van der Waals surface area contributed by atoms with Gasteiger partial charge in [0, 0.05) is 21.0 Å². The monoisotopic (exact) mass is 707 g/mol. The average molecular weight is 709 g/mol. The predicted molar refractivity (Wildman–Crippen MR) is 190 cm³/mol. The van der Waals surface area contributed by atoms with Gasteiger partial charge in [-0.05, 0) is 79.3 Å². The number of nitrogens with one attached hydrogen (secondary N) is 3. The van der Waals surface area contributed by atoms with Crippen molar-refractivity contribution in [3.05, 3.63) is 116 Å². The van der Waals surface area contributed by atoms with Gasteiger partial charge in [-0.25, -0.2) is 4.79 Å². The first-order valence-electron chi connectivity index (χ1n) is 14.8. The number of halogens is 2. The fourth-order valence-electron chi connectivity index (χ4n) is 5.05. The highest BCUT2D eigenvalue weighted by molar-refractivity contribution is 8.00. The Labute approximate surface area is 290 Å². The van der Waals surface area contributed by atoms with E-state index in [9.17, 15) is 19.2 Å². The van der Waals surface area contributed by atoms with Crippen LogP contribution in [-0.2, 0) is 27.2 Å². The van der Waals surface area contributed by atoms with Crippen LogP contribution in [0.2, 0.25) is 10.0 Å². The molecule has 5 rings (SSSR count). The van der Waals surface area contributed by atoms with E-state index in [0.717, 1.165) is 47.4 Å². The second-order valence-corrected chi connectivity index (χ2v) is 13.5. The molecular weight excluding hydrogens is 677 g/mol. The lowest BCUT2D eigenvalue weighted by molar-refractivity contribution is -0.114. The molecule has 1 aliphatic rings. The van der Waals surface area contributed by atoms with Crippen LogP contribution in [0.5, 0.6) is 0 Å². The van der Waals surface area contributed by atoms with Gasteiger partial charge in [-0.2, -0.15) is 0 Å². The van der Waals surface area contributed by atoms with Crippen LogP contribution < -0.4 is 16.0 Å². The van der Waals surface area contributed by atoms with Crippen LogP contribution in [0.4, 0.5) is 10.7 Å². The van der Waals surface area contributed by atoms with E-state index in [4.69, 9.17) is 27.9 Å². The molecule has 47 heavy (non-hydrogen) atoms. The van der Waals surface area contributed by atoms with Gasteiger partial charge in [0.25, 0.3) is 11.8 Å². The van der Waals surface area contributed by atoms with Crippen LogP contribution in [0.3, 0.4) is 0 Å². The summed E-state index contributed by atoms with van der Waals surface area (Å²) in [4.78, 5) is 54.0. The number of benzene rings is 3. The summed E-state index contributed by atoms with van der Waals surface area (Å²) in [5.41, 5.74) is 2.67. The Morgan fingerprint density at radius 1 is 0.915 bits per heavy atom. The van der Waals surface area contributed by atoms with Gasteiger partial charge in [0.2, 0.25) is 5.91 Å². The first-order valence-corrected chi connectivity index (χ1v) is 17.4. The number of thiophene rings is 1. The van der Waals surface area contributed by atoms with Gasteiger partial charge in [0.15, 0.2) is 0 Å². The molecule has 1 aliphatic carbocycles. The number of anilines is 2. The molecule has 0 fully saturated rings. The number of hydrogen-bond acceptors (Lipinski definition) is 7. The van der Waals surface area contributed by atoms with E-state index in [1.54, 1.807) is 66.7 Å². The molecule has 0 spiro atoms. The summed E-state index contributed by atoms with van der Waals surface area (Å²) in [6, 6.07) is 20.5. The minimum Gasteiger partial charge on any atom is -0.465 e. The predicted octanol–water partition coefficient (Wildman–Crippen LogP) is 8.25. The lowest BCUT2D eigenvalue weighted by Crippen LogP contribution is -2.30. The summed E-state index contributed by atoms with van der Waals surface area (Å²) in [7, 11) is 1.35. The third-order valence-electron chi connectivity index (χ3n) is 7.34. The molecule has 0 saturated carbocycles. The molecule has 0 saturated heterocycles. The van der Waals surface area contributed by atoms with E-state index in [1.807, 2.05) is 6.07 Å². The van der Waals surface area contributed by atoms with Crippen molar-refractivity contribution in [1.82, 2.24) is 5.32 Å². The fraction of sp³-hybridized carbons (Fsp3) is 0.200. The van der Waals surface area contributed by atoms with Gasteiger partial charge < -0.3 is 20.7 Å². The van der Waals surface area contributed by atoms with Gasteiger partial charge in [0.1, 0.15) is 10.7 Å². The molecule has 0 radical (unpaired) electrons. The van der Waals surface area contributed by atoms with Crippen molar-refractivity contribution in [2.45, 2.75) is 37.0 Å². The molecule has 3 amide bonds. The number of esters is 1. The van der Waals surface area contributed by atoms with Gasteiger partial charge in [-0.3, -0.25) is 14.4 Å². The maximum Gasteiger partial charge on any atom is 0.341 e. The summed E-state index contributed by atoms with van der Waals surface area (Å²) < 4.78 is 5.04. The number of rotatable bonds is 10. The maximum atomic E-state index is 13.5. The molecule has 0 atom stereocenters. The number of carbonyl (C=O) groups is 4. The summed E-state index contributed by atoms with van der Waals surface area (Å²) in [6.45, 7) is 0. The largest absolute Gasteiger partial charge is 0.465 e.